The molecule has 6 heteroatoms. The minimum Gasteiger partial charge on any atom is -0.341 e. The van der Waals surface area contributed by atoms with Gasteiger partial charge in [0.25, 0.3) is 0 Å². The van der Waals surface area contributed by atoms with Gasteiger partial charge in [-0.2, -0.15) is 0 Å². The van der Waals surface area contributed by atoms with Crippen LogP contribution >= 0.6 is 12.2 Å². The first kappa shape index (κ1) is 13.4. The van der Waals surface area contributed by atoms with E-state index in [-0.39, 0.29) is 5.82 Å². The summed E-state index contributed by atoms with van der Waals surface area (Å²) in [5.74, 6) is 0.464. The summed E-state index contributed by atoms with van der Waals surface area (Å²) in [6.07, 6.45) is 0. The lowest BCUT2D eigenvalue weighted by Crippen LogP contribution is -2.19. The van der Waals surface area contributed by atoms with Gasteiger partial charge in [0, 0.05) is 11.4 Å². The van der Waals surface area contributed by atoms with Crippen LogP contribution in [0.15, 0.2) is 54.9 Å². The van der Waals surface area contributed by atoms with Crippen LogP contribution in [0.5, 0.6) is 0 Å². The quantitative estimate of drug-likeness (QED) is 0.633. The third kappa shape index (κ3) is 3.11. The molecule has 3 rings (SSSR count). The summed E-state index contributed by atoms with van der Waals surface area (Å²) < 4.78 is 12.8. The minimum absolute atomic E-state index is 0.281. The molecule has 0 aliphatic carbocycles. The molecular formula is C15H13FN4S. The molecule has 0 saturated heterocycles. The van der Waals surface area contributed by atoms with Gasteiger partial charge in [0.1, 0.15) is 11.6 Å². The first-order valence-corrected chi connectivity index (χ1v) is 6.71. The first-order chi connectivity index (χ1) is 10.1. The molecule has 106 valence electrons. The third-order valence-corrected chi connectivity index (χ3v) is 3.15. The molecule has 0 radical (unpaired) electrons. The fourth-order valence-electron chi connectivity index (χ4n) is 2.02. The van der Waals surface area contributed by atoms with Crippen LogP contribution in [-0.2, 0) is 0 Å². The predicted octanol–water partition coefficient (Wildman–Crippen LogP) is 3.94. The average Bonchev–Trinajstić information content (AvgIpc) is 2.80. The second-order valence-electron chi connectivity index (χ2n) is 4.57. The van der Waals surface area contributed by atoms with Gasteiger partial charge in [-0.1, -0.05) is 6.58 Å². The number of nitrogens with one attached hydrogen (secondary N) is 4. The van der Waals surface area contributed by atoms with Crippen LogP contribution in [0.1, 0.15) is 0 Å². The molecule has 0 spiro atoms. The number of benzene rings is 2. The maximum absolute atomic E-state index is 12.8. The van der Waals surface area contributed by atoms with Crippen molar-refractivity contribution in [2.24, 2.45) is 0 Å². The van der Waals surface area contributed by atoms with E-state index in [4.69, 9.17) is 12.2 Å². The number of hydrogen-bond acceptors (Lipinski definition) is 3. The highest BCUT2D eigenvalue weighted by Gasteiger charge is 2.12. The number of anilines is 4. The van der Waals surface area contributed by atoms with Crippen LogP contribution in [0, 0.1) is 5.82 Å². The molecular weight excluding hydrogens is 287 g/mol. The highest BCUT2D eigenvalue weighted by atomic mass is 32.1. The van der Waals surface area contributed by atoms with Gasteiger partial charge >= 0.3 is 0 Å². The van der Waals surface area contributed by atoms with E-state index in [2.05, 4.69) is 27.8 Å². The van der Waals surface area contributed by atoms with Crippen molar-refractivity contribution in [2.75, 3.05) is 21.3 Å². The second-order valence-corrected chi connectivity index (χ2v) is 4.98. The third-order valence-electron chi connectivity index (χ3n) is 2.95. The molecule has 1 aliphatic rings. The van der Waals surface area contributed by atoms with E-state index >= 15 is 0 Å². The van der Waals surface area contributed by atoms with Crippen molar-refractivity contribution in [1.82, 2.24) is 0 Å². The summed E-state index contributed by atoms with van der Waals surface area (Å²) in [5.41, 5.74) is 3.48. The van der Waals surface area contributed by atoms with E-state index in [0.29, 0.717) is 5.11 Å². The fraction of sp³-hybridized carbons (Fsp3) is 0. The Morgan fingerprint density at radius 2 is 1.57 bits per heavy atom. The van der Waals surface area contributed by atoms with E-state index in [0.717, 1.165) is 28.6 Å². The van der Waals surface area contributed by atoms with Crippen LogP contribution in [0.3, 0.4) is 0 Å². The molecule has 4 N–H and O–H groups in total. The van der Waals surface area contributed by atoms with Gasteiger partial charge in [-0.3, -0.25) is 0 Å². The summed E-state index contributed by atoms with van der Waals surface area (Å²) >= 11 is 5.23. The van der Waals surface area contributed by atoms with Crippen molar-refractivity contribution < 1.29 is 4.39 Å². The number of hydrogen-bond donors (Lipinski definition) is 4. The second kappa shape index (κ2) is 5.41. The van der Waals surface area contributed by atoms with Crippen LogP contribution < -0.4 is 21.3 Å². The Hall–Kier alpha value is -2.60. The van der Waals surface area contributed by atoms with Gasteiger partial charge in [0.2, 0.25) is 0 Å². The van der Waals surface area contributed by atoms with Gasteiger partial charge in [-0.25, -0.2) is 4.39 Å². The summed E-state index contributed by atoms with van der Waals surface area (Å²) in [6, 6.07) is 11.8. The molecule has 0 bridgehead atoms. The van der Waals surface area contributed by atoms with Crippen LogP contribution in [0.4, 0.5) is 27.1 Å². The SMILES string of the molecule is C=C1Nc2ccc(NC(=S)Nc3ccc(F)cc3)cc2N1. The smallest absolute Gasteiger partial charge is 0.175 e. The Morgan fingerprint density at radius 1 is 0.952 bits per heavy atom. The van der Waals surface area contributed by atoms with Crippen molar-refractivity contribution in [3.63, 3.8) is 0 Å². The number of halogens is 1. The van der Waals surface area contributed by atoms with Crippen molar-refractivity contribution in [2.45, 2.75) is 0 Å². The maximum atomic E-state index is 12.8. The first-order valence-electron chi connectivity index (χ1n) is 6.31. The lowest BCUT2D eigenvalue weighted by molar-refractivity contribution is 0.628. The molecule has 21 heavy (non-hydrogen) atoms. The molecule has 1 aliphatic heterocycles. The van der Waals surface area contributed by atoms with Crippen LogP contribution in [0.2, 0.25) is 0 Å². The molecule has 0 unspecified atom stereocenters. The summed E-state index contributed by atoms with van der Waals surface area (Å²) in [4.78, 5) is 0. The molecule has 0 aromatic heterocycles. The Bertz CT molecular complexity index is 712. The zero-order chi connectivity index (χ0) is 14.8. The fourth-order valence-corrected chi connectivity index (χ4v) is 2.25. The van der Waals surface area contributed by atoms with Crippen molar-refractivity contribution in [3.8, 4) is 0 Å². The van der Waals surface area contributed by atoms with E-state index in [9.17, 15) is 4.39 Å². The zero-order valence-electron chi connectivity index (χ0n) is 11.0. The monoisotopic (exact) mass is 300 g/mol. The Labute approximate surface area is 127 Å². The van der Waals surface area contributed by atoms with Crippen LogP contribution in [0.25, 0.3) is 0 Å². The molecule has 0 atom stereocenters. The molecule has 2 aromatic carbocycles. The maximum Gasteiger partial charge on any atom is 0.175 e. The highest BCUT2D eigenvalue weighted by Crippen LogP contribution is 2.32. The highest BCUT2D eigenvalue weighted by molar-refractivity contribution is 7.80. The van der Waals surface area contributed by atoms with Crippen molar-refractivity contribution in [1.29, 1.82) is 0 Å². The molecule has 4 nitrogen and oxygen atoms in total. The molecule has 1 heterocycles. The van der Waals surface area contributed by atoms with E-state index in [1.807, 2.05) is 18.2 Å². The van der Waals surface area contributed by atoms with Crippen molar-refractivity contribution >= 4 is 40.1 Å². The molecule has 0 fully saturated rings. The summed E-state index contributed by atoms with van der Waals surface area (Å²) in [7, 11) is 0. The Kier molecular flexibility index (Phi) is 3.45. The minimum atomic E-state index is -0.281. The molecule has 0 saturated carbocycles. The van der Waals surface area contributed by atoms with Gasteiger partial charge in [-0.05, 0) is 54.7 Å². The van der Waals surface area contributed by atoms with E-state index in [1.54, 1.807) is 12.1 Å². The summed E-state index contributed by atoms with van der Waals surface area (Å²) in [6.45, 7) is 3.81. The van der Waals surface area contributed by atoms with E-state index in [1.165, 1.54) is 12.1 Å². The van der Waals surface area contributed by atoms with Crippen LogP contribution in [-0.4, -0.2) is 5.11 Å². The lowest BCUT2D eigenvalue weighted by Gasteiger charge is -2.11. The van der Waals surface area contributed by atoms with Gasteiger partial charge < -0.3 is 21.3 Å². The molecule has 0 amide bonds. The number of fused-ring (bicyclic) bond motifs is 1. The predicted molar refractivity (Wildman–Crippen MR) is 89.1 cm³/mol. The van der Waals surface area contributed by atoms with Gasteiger partial charge in [0.15, 0.2) is 5.11 Å². The topological polar surface area (TPSA) is 48.1 Å². The van der Waals surface area contributed by atoms with Crippen molar-refractivity contribution in [3.05, 3.63) is 60.7 Å². The van der Waals surface area contributed by atoms with Gasteiger partial charge in [-0.15, -0.1) is 0 Å². The summed E-state index contributed by atoms with van der Waals surface area (Å²) in [5, 5.41) is 12.7. The van der Waals surface area contributed by atoms with Gasteiger partial charge in [0.05, 0.1) is 11.4 Å². The number of rotatable bonds is 2. The Morgan fingerprint density at radius 3 is 2.33 bits per heavy atom. The average molecular weight is 300 g/mol. The largest absolute Gasteiger partial charge is 0.341 e. The normalized spacial score (nSPS) is 12.1. The Balaban J connectivity index is 1.66. The lowest BCUT2D eigenvalue weighted by atomic mass is 10.2. The van der Waals surface area contributed by atoms with E-state index < -0.39 is 0 Å². The zero-order valence-corrected chi connectivity index (χ0v) is 11.9. The number of thiocarbonyl (C=S) groups is 1. The standard InChI is InChI=1S/C15H13FN4S/c1-9-17-13-7-6-12(8-14(13)18-9)20-15(21)19-11-4-2-10(16)3-5-11/h2-8,17-18H,1H2,(H2,19,20,21). The molecule has 2 aromatic rings.